The Balaban J connectivity index is 2.04. The number of hydrogen-bond acceptors (Lipinski definition) is 2. The second-order valence-electron chi connectivity index (χ2n) is 3.62. The van der Waals surface area contributed by atoms with Crippen LogP contribution in [0.4, 0.5) is 0 Å². The molecule has 0 heterocycles. The van der Waals surface area contributed by atoms with Crippen LogP contribution in [0.15, 0.2) is 18.2 Å². The van der Waals surface area contributed by atoms with Crippen LogP contribution in [0.3, 0.4) is 0 Å². The van der Waals surface area contributed by atoms with E-state index in [1.807, 2.05) is 6.29 Å². The van der Waals surface area contributed by atoms with Crippen molar-refractivity contribution in [2.75, 3.05) is 0 Å². The molecule has 0 amide bonds. The SMILES string of the molecule is O=[C]C1(OCc2cc(Cl)ccc2Cl)CC1. The van der Waals surface area contributed by atoms with E-state index in [0.29, 0.717) is 16.7 Å². The lowest BCUT2D eigenvalue weighted by atomic mass is 10.2. The van der Waals surface area contributed by atoms with Gasteiger partial charge in [-0.25, -0.2) is 0 Å². The molecule has 2 rings (SSSR count). The van der Waals surface area contributed by atoms with E-state index >= 15 is 0 Å². The first-order valence-electron chi connectivity index (χ1n) is 4.62. The fourth-order valence-electron chi connectivity index (χ4n) is 1.26. The van der Waals surface area contributed by atoms with Gasteiger partial charge in [-0.15, -0.1) is 0 Å². The van der Waals surface area contributed by atoms with Crippen molar-refractivity contribution in [2.45, 2.75) is 25.0 Å². The summed E-state index contributed by atoms with van der Waals surface area (Å²) in [4.78, 5) is 10.6. The molecule has 2 nitrogen and oxygen atoms in total. The van der Waals surface area contributed by atoms with E-state index in [-0.39, 0.29) is 0 Å². The largest absolute Gasteiger partial charge is 0.362 e. The van der Waals surface area contributed by atoms with Gasteiger partial charge in [0.25, 0.3) is 0 Å². The molecular formula is C11H9Cl2O2. The molecule has 0 bridgehead atoms. The smallest absolute Gasteiger partial charge is 0.233 e. The summed E-state index contributed by atoms with van der Waals surface area (Å²) in [6.07, 6.45) is 3.40. The molecule has 1 fully saturated rings. The zero-order valence-corrected chi connectivity index (χ0v) is 9.44. The van der Waals surface area contributed by atoms with E-state index in [0.717, 1.165) is 18.4 Å². The van der Waals surface area contributed by atoms with Gasteiger partial charge in [0.15, 0.2) is 0 Å². The molecule has 1 aliphatic carbocycles. The molecule has 1 radical (unpaired) electrons. The quantitative estimate of drug-likeness (QED) is 0.813. The van der Waals surface area contributed by atoms with Crippen LogP contribution < -0.4 is 0 Å². The third-order valence-corrected chi connectivity index (χ3v) is 3.01. The minimum atomic E-state index is -0.675. The lowest BCUT2D eigenvalue weighted by Crippen LogP contribution is -2.15. The molecule has 1 aromatic rings. The van der Waals surface area contributed by atoms with Crippen molar-refractivity contribution in [3.05, 3.63) is 33.8 Å². The average molecular weight is 244 g/mol. The van der Waals surface area contributed by atoms with Gasteiger partial charge in [0.05, 0.1) is 6.61 Å². The third-order valence-electron chi connectivity index (χ3n) is 2.40. The van der Waals surface area contributed by atoms with E-state index in [1.54, 1.807) is 18.2 Å². The molecule has 0 aliphatic heterocycles. The van der Waals surface area contributed by atoms with Crippen molar-refractivity contribution < 1.29 is 9.53 Å². The van der Waals surface area contributed by atoms with Gasteiger partial charge < -0.3 is 4.74 Å². The second kappa shape index (κ2) is 4.12. The van der Waals surface area contributed by atoms with Crippen LogP contribution in [0.1, 0.15) is 18.4 Å². The summed E-state index contributed by atoms with van der Waals surface area (Å²) < 4.78 is 5.44. The third kappa shape index (κ3) is 2.51. The maximum absolute atomic E-state index is 10.6. The Morgan fingerprint density at radius 2 is 2.13 bits per heavy atom. The molecule has 1 saturated carbocycles. The fourth-order valence-corrected chi connectivity index (χ4v) is 1.63. The highest BCUT2D eigenvalue weighted by atomic mass is 35.5. The van der Waals surface area contributed by atoms with Crippen molar-refractivity contribution in [1.29, 1.82) is 0 Å². The van der Waals surface area contributed by atoms with Crippen molar-refractivity contribution in [3.63, 3.8) is 0 Å². The Bertz CT molecular complexity index is 386. The monoisotopic (exact) mass is 243 g/mol. The van der Waals surface area contributed by atoms with Gasteiger partial charge in [0.1, 0.15) is 5.60 Å². The predicted octanol–water partition coefficient (Wildman–Crippen LogP) is 3.15. The first-order chi connectivity index (χ1) is 7.15. The molecule has 4 heteroatoms. The van der Waals surface area contributed by atoms with Crippen LogP contribution >= 0.6 is 23.2 Å². The summed E-state index contributed by atoms with van der Waals surface area (Å²) in [6.45, 7) is 0.300. The first-order valence-corrected chi connectivity index (χ1v) is 5.38. The van der Waals surface area contributed by atoms with Gasteiger partial charge in [-0.05, 0) is 36.6 Å². The Morgan fingerprint density at radius 3 is 2.73 bits per heavy atom. The lowest BCUT2D eigenvalue weighted by Gasteiger charge is -2.10. The molecule has 1 aliphatic rings. The molecular weight excluding hydrogens is 235 g/mol. The van der Waals surface area contributed by atoms with Gasteiger partial charge in [0.2, 0.25) is 6.29 Å². The van der Waals surface area contributed by atoms with Crippen LogP contribution in [-0.2, 0) is 16.1 Å². The highest BCUT2D eigenvalue weighted by Crippen LogP contribution is 2.38. The summed E-state index contributed by atoms with van der Waals surface area (Å²) in [5.74, 6) is 0. The lowest BCUT2D eigenvalue weighted by molar-refractivity contribution is 0.0651. The topological polar surface area (TPSA) is 26.3 Å². The van der Waals surface area contributed by atoms with E-state index in [9.17, 15) is 4.79 Å². The van der Waals surface area contributed by atoms with Gasteiger partial charge >= 0.3 is 0 Å². The average Bonchev–Trinajstić information content (AvgIpc) is 3.00. The molecule has 0 N–H and O–H groups in total. The van der Waals surface area contributed by atoms with Gasteiger partial charge in [0, 0.05) is 10.0 Å². The van der Waals surface area contributed by atoms with Gasteiger partial charge in [-0.3, -0.25) is 4.79 Å². The molecule has 0 spiro atoms. The van der Waals surface area contributed by atoms with Crippen molar-refractivity contribution >= 4 is 29.5 Å². The van der Waals surface area contributed by atoms with Gasteiger partial charge in [-0.2, -0.15) is 0 Å². The Hall–Kier alpha value is -0.570. The van der Waals surface area contributed by atoms with Crippen LogP contribution in [0, 0.1) is 0 Å². The minimum absolute atomic E-state index is 0.300. The Labute approximate surface area is 98.1 Å². The Morgan fingerprint density at radius 1 is 1.40 bits per heavy atom. The maximum atomic E-state index is 10.6. The number of ether oxygens (including phenoxy) is 1. The second-order valence-corrected chi connectivity index (χ2v) is 4.46. The van der Waals surface area contributed by atoms with Crippen LogP contribution in [0.5, 0.6) is 0 Å². The van der Waals surface area contributed by atoms with Crippen molar-refractivity contribution in [3.8, 4) is 0 Å². The number of benzene rings is 1. The molecule has 15 heavy (non-hydrogen) atoms. The van der Waals surface area contributed by atoms with Crippen LogP contribution in [0.25, 0.3) is 0 Å². The van der Waals surface area contributed by atoms with Gasteiger partial charge in [-0.1, -0.05) is 23.2 Å². The van der Waals surface area contributed by atoms with E-state index < -0.39 is 5.60 Å². The number of halogens is 2. The van der Waals surface area contributed by atoms with Crippen LogP contribution in [0.2, 0.25) is 10.0 Å². The first kappa shape index (κ1) is 10.9. The number of hydrogen-bond donors (Lipinski definition) is 0. The summed E-state index contributed by atoms with van der Waals surface area (Å²) in [6, 6.07) is 5.17. The molecule has 79 valence electrons. The minimum Gasteiger partial charge on any atom is -0.362 e. The van der Waals surface area contributed by atoms with E-state index in [1.165, 1.54) is 0 Å². The van der Waals surface area contributed by atoms with Crippen LogP contribution in [-0.4, -0.2) is 11.9 Å². The molecule has 0 saturated heterocycles. The summed E-state index contributed by atoms with van der Waals surface area (Å²) in [5, 5.41) is 1.21. The number of carbonyl (C=O) groups excluding carboxylic acids is 1. The van der Waals surface area contributed by atoms with E-state index in [2.05, 4.69) is 0 Å². The normalized spacial score (nSPS) is 17.5. The summed E-state index contributed by atoms with van der Waals surface area (Å²) >= 11 is 11.8. The Kier molecular flexibility index (Phi) is 3.01. The van der Waals surface area contributed by atoms with E-state index in [4.69, 9.17) is 27.9 Å². The summed E-state index contributed by atoms with van der Waals surface area (Å²) in [7, 11) is 0. The molecule has 1 aromatic carbocycles. The highest BCUT2D eigenvalue weighted by molar-refractivity contribution is 6.33. The predicted molar refractivity (Wildman–Crippen MR) is 58.9 cm³/mol. The highest BCUT2D eigenvalue weighted by Gasteiger charge is 2.45. The zero-order valence-electron chi connectivity index (χ0n) is 7.93. The summed E-state index contributed by atoms with van der Waals surface area (Å²) in [5.41, 5.74) is 0.122. The molecule has 0 unspecified atom stereocenters. The van der Waals surface area contributed by atoms with Crippen molar-refractivity contribution in [1.82, 2.24) is 0 Å². The maximum Gasteiger partial charge on any atom is 0.233 e. The van der Waals surface area contributed by atoms with Crippen molar-refractivity contribution in [2.24, 2.45) is 0 Å². The fraction of sp³-hybridized carbons (Fsp3) is 0.364. The number of rotatable bonds is 4. The molecule has 0 atom stereocenters. The molecule has 0 aromatic heterocycles. The standard InChI is InChI=1S/C11H9Cl2O2/c12-9-1-2-10(13)8(5-9)6-15-11(7-14)3-4-11/h1-2,5H,3-4,6H2. The zero-order chi connectivity index (χ0) is 10.9.